The fraction of sp³-hybridized carbons (Fsp3) is 0.161. The molecule has 0 unspecified atom stereocenters. The van der Waals surface area contributed by atoms with Gasteiger partial charge in [-0.2, -0.15) is 0 Å². The number of nitrogens with one attached hydrogen (secondary N) is 1. The van der Waals surface area contributed by atoms with Crippen LogP contribution in [0.25, 0.3) is 43.3 Å². The summed E-state index contributed by atoms with van der Waals surface area (Å²) in [4.78, 5) is 18.8. The number of aromatic nitrogens is 4. The molecule has 0 spiro atoms. The van der Waals surface area contributed by atoms with E-state index in [1.54, 1.807) is 22.7 Å². The van der Waals surface area contributed by atoms with Crippen molar-refractivity contribution in [2.75, 3.05) is 11.1 Å². The van der Waals surface area contributed by atoms with Crippen LogP contribution in [0.5, 0.6) is 0 Å². The molecule has 3 aromatic carbocycles. The minimum Gasteiger partial charge on any atom is -0.325 e. The molecule has 40 heavy (non-hydrogen) atoms. The number of benzene rings is 3. The molecule has 6 rings (SSSR count). The second-order valence-electron chi connectivity index (χ2n) is 9.40. The lowest BCUT2D eigenvalue weighted by atomic mass is 10.0. The summed E-state index contributed by atoms with van der Waals surface area (Å²) >= 11 is 4.79. The second-order valence-corrected chi connectivity index (χ2v) is 12.5. The van der Waals surface area contributed by atoms with E-state index in [0.29, 0.717) is 6.54 Å². The van der Waals surface area contributed by atoms with Crippen molar-refractivity contribution in [2.45, 2.75) is 32.5 Å². The van der Waals surface area contributed by atoms with Crippen molar-refractivity contribution in [1.29, 1.82) is 0 Å². The van der Waals surface area contributed by atoms with Crippen LogP contribution in [0.2, 0.25) is 0 Å². The van der Waals surface area contributed by atoms with Gasteiger partial charge in [-0.1, -0.05) is 48.2 Å². The van der Waals surface area contributed by atoms with Crippen LogP contribution in [-0.2, 0) is 11.3 Å². The smallest absolute Gasteiger partial charge is 0.234 e. The van der Waals surface area contributed by atoms with Gasteiger partial charge in [0.2, 0.25) is 5.91 Å². The summed E-state index contributed by atoms with van der Waals surface area (Å²) in [5.74, 6) is 0.983. The van der Waals surface area contributed by atoms with Gasteiger partial charge in [-0.25, -0.2) is 4.98 Å². The monoisotopic (exact) mass is 581 g/mol. The Kier molecular flexibility index (Phi) is 7.51. The largest absolute Gasteiger partial charge is 0.325 e. The van der Waals surface area contributed by atoms with E-state index in [4.69, 9.17) is 4.98 Å². The highest BCUT2D eigenvalue weighted by atomic mass is 32.2. The Hall–Kier alpha value is -3.79. The predicted molar refractivity (Wildman–Crippen MR) is 168 cm³/mol. The zero-order chi connectivity index (χ0) is 27.6. The average molecular weight is 582 g/mol. The number of hydrogen-bond donors (Lipinski definition) is 1. The molecule has 1 amide bonds. The Morgan fingerprint density at radius 2 is 1.77 bits per heavy atom. The molecule has 3 aromatic heterocycles. The summed E-state index contributed by atoms with van der Waals surface area (Å²) in [5, 5.41) is 15.8. The number of aryl methyl sites for hydroxylation is 2. The number of thiophene rings is 1. The molecule has 0 radical (unpaired) electrons. The molecule has 0 saturated carbocycles. The predicted octanol–water partition coefficient (Wildman–Crippen LogP) is 8.32. The first-order chi connectivity index (χ1) is 19.5. The Morgan fingerprint density at radius 1 is 0.975 bits per heavy atom. The lowest BCUT2D eigenvalue weighted by Gasteiger charge is -2.10. The summed E-state index contributed by atoms with van der Waals surface area (Å²) in [6.07, 6.45) is 0. The van der Waals surface area contributed by atoms with E-state index < -0.39 is 0 Å². The van der Waals surface area contributed by atoms with Crippen molar-refractivity contribution in [1.82, 2.24) is 19.7 Å². The topological polar surface area (TPSA) is 72.7 Å². The Morgan fingerprint density at radius 3 is 2.55 bits per heavy atom. The SMILES string of the molecule is CCn1c(SCC(=O)Nc2ccc(-c3nc4ccc(C)cc4s3)cc2)nnc1-c1csc(C)c1-c1ccccc1. The van der Waals surface area contributed by atoms with Crippen LogP contribution >= 0.6 is 34.4 Å². The van der Waals surface area contributed by atoms with Crippen LogP contribution in [0.1, 0.15) is 17.4 Å². The van der Waals surface area contributed by atoms with E-state index in [0.717, 1.165) is 38.3 Å². The Bertz CT molecular complexity index is 1800. The van der Waals surface area contributed by atoms with Gasteiger partial charge in [-0.3, -0.25) is 4.79 Å². The van der Waals surface area contributed by atoms with Gasteiger partial charge in [0.25, 0.3) is 0 Å². The fourth-order valence-corrected chi connectivity index (χ4v) is 7.38. The quantitative estimate of drug-likeness (QED) is 0.183. The van der Waals surface area contributed by atoms with E-state index in [9.17, 15) is 4.79 Å². The van der Waals surface area contributed by atoms with Gasteiger partial charge in [0.05, 0.1) is 16.0 Å². The van der Waals surface area contributed by atoms with Crippen molar-refractivity contribution in [3.05, 3.63) is 88.6 Å². The van der Waals surface area contributed by atoms with Crippen molar-refractivity contribution in [2.24, 2.45) is 0 Å². The van der Waals surface area contributed by atoms with Crippen LogP contribution in [0.3, 0.4) is 0 Å². The summed E-state index contributed by atoms with van der Waals surface area (Å²) in [5.41, 5.74) is 7.45. The molecule has 6 nitrogen and oxygen atoms in total. The number of nitrogens with zero attached hydrogens (tertiary/aromatic N) is 4. The number of hydrogen-bond acceptors (Lipinski definition) is 7. The standard InChI is InChI=1S/C31H27N5OS3/c1-4-36-29(24-17-38-20(3)28(24)21-8-6-5-7-9-21)34-35-31(36)39-18-27(37)32-23-13-11-22(12-14-23)30-33-25-15-10-19(2)16-26(25)40-30/h5-17H,4,18H2,1-3H3,(H,32,37). The number of fused-ring (bicyclic) bond motifs is 1. The maximum Gasteiger partial charge on any atom is 0.234 e. The van der Waals surface area contributed by atoms with Crippen LogP contribution < -0.4 is 5.32 Å². The summed E-state index contributed by atoms with van der Waals surface area (Å²) < 4.78 is 3.26. The lowest BCUT2D eigenvalue weighted by molar-refractivity contribution is -0.113. The maximum atomic E-state index is 12.8. The molecule has 0 aliphatic rings. The number of anilines is 1. The van der Waals surface area contributed by atoms with Gasteiger partial charge in [-0.05, 0) is 68.3 Å². The Balaban J connectivity index is 1.13. The van der Waals surface area contributed by atoms with E-state index in [1.165, 1.54) is 38.0 Å². The fourth-order valence-electron chi connectivity index (χ4n) is 4.64. The summed E-state index contributed by atoms with van der Waals surface area (Å²) in [6, 6.07) is 24.5. The summed E-state index contributed by atoms with van der Waals surface area (Å²) in [6.45, 7) is 7.01. The molecule has 0 aliphatic heterocycles. The molecule has 1 N–H and O–H groups in total. The van der Waals surface area contributed by atoms with Crippen LogP contribution in [0, 0.1) is 13.8 Å². The lowest BCUT2D eigenvalue weighted by Crippen LogP contribution is -2.14. The first kappa shape index (κ1) is 26.4. The van der Waals surface area contributed by atoms with Crippen molar-refractivity contribution < 1.29 is 4.79 Å². The van der Waals surface area contributed by atoms with Gasteiger partial charge < -0.3 is 9.88 Å². The average Bonchev–Trinajstić information content (AvgIpc) is 3.68. The van der Waals surface area contributed by atoms with Gasteiger partial charge in [0, 0.05) is 39.2 Å². The second kappa shape index (κ2) is 11.4. The Labute approximate surface area is 245 Å². The molecule has 0 bridgehead atoms. The molecule has 0 atom stereocenters. The minimum atomic E-state index is -0.0863. The zero-order valence-electron chi connectivity index (χ0n) is 22.3. The third-order valence-corrected chi connectivity index (χ3v) is 9.55. The first-order valence-electron chi connectivity index (χ1n) is 13.0. The van der Waals surface area contributed by atoms with Crippen LogP contribution in [0.4, 0.5) is 5.69 Å². The first-order valence-corrected chi connectivity index (χ1v) is 15.7. The molecule has 6 aromatic rings. The minimum absolute atomic E-state index is 0.0863. The highest BCUT2D eigenvalue weighted by Crippen LogP contribution is 2.39. The third-order valence-electron chi connectivity index (χ3n) is 6.60. The number of amides is 1. The van der Waals surface area contributed by atoms with Crippen molar-refractivity contribution in [3.63, 3.8) is 0 Å². The zero-order valence-corrected chi connectivity index (χ0v) is 24.8. The van der Waals surface area contributed by atoms with Gasteiger partial charge >= 0.3 is 0 Å². The van der Waals surface area contributed by atoms with Crippen LogP contribution in [0.15, 0.2) is 83.3 Å². The number of thioether (sulfide) groups is 1. The molecular formula is C31H27N5OS3. The molecular weight excluding hydrogens is 555 g/mol. The number of thiazole rings is 1. The van der Waals surface area contributed by atoms with E-state index in [2.05, 4.69) is 88.7 Å². The van der Waals surface area contributed by atoms with Gasteiger partial charge in [0.1, 0.15) is 5.01 Å². The molecule has 200 valence electrons. The van der Waals surface area contributed by atoms with Gasteiger partial charge in [-0.15, -0.1) is 32.9 Å². The third kappa shape index (κ3) is 5.32. The van der Waals surface area contributed by atoms with E-state index in [-0.39, 0.29) is 11.7 Å². The number of carbonyl (C=O) groups excluding carboxylic acids is 1. The molecule has 9 heteroatoms. The van der Waals surface area contributed by atoms with Crippen molar-refractivity contribution >= 4 is 56.2 Å². The molecule has 0 saturated heterocycles. The highest BCUT2D eigenvalue weighted by Gasteiger charge is 2.20. The van der Waals surface area contributed by atoms with E-state index >= 15 is 0 Å². The highest BCUT2D eigenvalue weighted by molar-refractivity contribution is 7.99. The molecule has 3 heterocycles. The number of rotatable bonds is 8. The number of carbonyl (C=O) groups is 1. The van der Waals surface area contributed by atoms with Crippen molar-refractivity contribution in [3.8, 4) is 33.1 Å². The maximum absolute atomic E-state index is 12.8. The van der Waals surface area contributed by atoms with Gasteiger partial charge in [0.15, 0.2) is 11.0 Å². The van der Waals surface area contributed by atoms with E-state index in [1.807, 2.05) is 30.3 Å². The normalized spacial score (nSPS) is 11.3. The molecule has 0 fully saturated rings. The molecule has 0 aliphatic carbocycles. The summed E-state index contributed by atoms with van der Waals surface area (Å²) in [7, 11) is 0. The van der Waals surface area contributed by atoms with Crippen LogP contribution in [-0.4, -0.2) is 31.4 Å².